The summed E-state index contributed by atoms with van der Waals surface area (Å²) in [4.78, 5) is 9.73. The third-order valence-electron chi connectivity index (χ3n) is 3.88. The Morgan fingerprint density at radius 1 is 1.08 bits per heavy atom. The summed E-state index contributed by atoms with van der Waals surface area (Å²) >= 11 is 0. The lowest BCUT2D eigenvalue weighted by Crippen LogP contribution is -2.56. The first-order valence-corrected chi connectivity index (χ1v) is 7.28. The number of halogens is 5. The average molecular weight is 355 g/mol. The van der Waals surface area contributed by atoms with Crippen LogP contribution in [-0.2, 0) is 0 Å². The first-order chi connectivity index (χ1) is 11.7. The van der Waals surface area contributed by atoms with Crippen molar-refractivity contribution in [3.05, 3.63) is 47.7 Å². The molecule has 1 aromatic heterocycles. The van der Waals surface area contributed by atoms with Crippen LogP contribution in [-0.4, -0.2) is 36.1 Å². The van der Waals surface area contributed by atoms with Gasteiger partial charge in [-0.1, -0.05) is 0 Å². The summed E-state index contributed by atoms with van der Waals surface area (Å²) in [5.41, 5.74) is 2.11. The van der Waals surface area contributed by atoms with Crippen LogP contribution >= 0.6 is 0 Å². The minimum atomic E-state index is -4.78. The number of aromatic nitrogens is 1. The van der Waals surface area contributed by atoms with Crippen LogP contribution < -0.4 is 9.64 Å². The molecule has 0 saturated carbocycles. The highest BCUT2D eigenvalue weighted by atomic mass is 19.4. The lowest BCUT2D eigenvalue weighted by molar-refractivity contribution is -0.274. The quantitative estimate of drug-likeness (QED) is 0.669. The number of hydrogen-bond donors (Lipinski definition) is 0. The lowest BCUT2D eigenvalue weighted by Gasteiger charge is -2.39. The number of alkyl halides is 5. The molecule has 130 valence electrons. The average Bonchev–Trinajstić information content (AvgIpc) is 2.46. The van der Waals surface area contributed by atoms with Gasteiger partial charge in [-0.05, 0) is 30.3 Å². The molecule has 0 spiro atoms. The second-order valence-electron chi connectivity index (χ2n) is 5.80. The number of pyridine rings is 1. The van der Waals surface area contributed by atoms with Gasteiger partial charge in [0, 0.05) is 17.3 Å². The summed E-state index contributed by atoms with van der Waals surface area (Å²) in [5.74, 6) is -2.68. The SMILES string of the molecule is FC1(F)CN(c2cc(C3=Nc4ccc(OC(F)(F)F)cc43)ccn2)C1. The summed E-state index contributed by atoms with van der Waals surface area (Å²) in [5, 5.41) is 0. The molecule has 4 rings (SSSR count). The van der Waals surface area contributed by atoms with E-state index in [-0.39, 0.29) is 5.75 Å². The molecule has 0 amide bonds. The molecule has 1 saturated heterocycles. The Labute approximate surface area is 138 Å². The number of nitrogens with zero attached hydrogens (tertiary/aromatic N) is 3. The summed E-state index contributed by atoms with van der Waals surface area (Å²) in [7, 11) is 0. The van der Waals surface area contributed by atoms with Crippen LogP contribution in [0.1, 0.15) is 11.1 Å². The third-order valence-corrected chi connectivity index (χ3v) is 3.88. The second-order valence-corrected chi connectivity index (χ2v) is 5.80. The van der Waals surface area contributed by atoms with E-state index in [2.05, 4.69) is 14.7 Å². The number of rotatable bonds is 3. The van der Waals surface area contributed by atoms with Gasteiger partial charge in [0.05, 0.1) is 24.5 Å². The molecule has 0 unspecified atom stereocenters. The fourth-order valence-corrected chi connectivity index (χ4v) is 2.76. The van der Waals surface area contributed by atoms with Gasteiger partial charge in [0.15, 0.2) is 0 Å². The monoisotopic (exact) mass is 355 g/mol. The van der Waals surface area contributed by atoms with Gasteiger partial charge in [-0.25, -0.2) is 18.8 Å². The standard InChI is InChI=1S/C16H10F5N3O/c17-15(18)7-24(8-15)13-5-9(3-4-22-13)14-11-6-10(25-16(19,20)21)1-2-12(11)23-14/h1-6H,7-8H2. The van der Waals surface area contributed by atoms with Crippen LogP contribution in [0.25, 0.3) is 0 Å². The molecule has 4 nitrogen and oxygen atoms in total. The van der Waals surface area contributed by atoms with Crippen LogP contribution in [0.2, 0.25) is 0 Å². The molecule has 9 heteroatoms. The van der Waals surface area contributed by atoms with Crippen LogP contribution in [0.4, 0.5) is 33.5 Å². The van der Waals surface area contributed by atoms with Gasteiger partial charge in [0.25, 0.3) is 5.92 Å². The highest BCUT2D eigenvalue weighted by Crippen LogP contribution is 2.38. The maximum Gasteiger partial charge on any atom is 0.573 e. The molecular weight excluding hydrogens is 345 g/mol. The van der Waals surface area contributed by atoms with E-state index in [1.54, 1.807) is 12.1 Å². The molecule has 0 atom stereocenters. The Hall–Kier alpha value is -2.71. The fourth-order valence-electron chi connectivity index (χ4n) is 2.76. The maximum atomic E-state index is 13.0. The molecule has 2 aliphatic rings. The number of fused-ring (bicyclic) bond motifs is 1. The van der Waals surface area contributed by atoms with Crippen molar-refractivity contribution in [2.75, 3.05) is 18.0 Å². The van der Waals surface area contributed by atoms with Crippen LogP contribution in [0.5, 0.6) is 5.75 Å². The number of ether oxygens (including phenoxy) is 1. The van der Waals surface area contributed by atoms with Gasteiger partial charge in [-0.3, -0.25) is 0 Å². The number of aliphatic imine (C=N–C) groups is 1. The van der Waals surface area contributed by atoms with Gasteiger partial charge in [-0.2, -0.15) is 0 Å². The Bertz CT molecular complexity index is 870. The van der Waals surface area contributed by atoms with Crippen molar-refractivity contribution in [1.29, 1.82) is 0 Å². The molecule has 25 heavy (non-hydrogen) atoms. The van der Waals surface area contributed by atoms with E-state index in [4.69, 9.17) is 0 Å². The Morgan fingerprint density at radius 3 is 2.52 bits per heavy atom. The molecule has 0 aliphatic carbocycles. The Morgan fingerprint density at radius 2 is 1.84 bits per heavy atom. The maximum absolute atomic E-state index is 13.0. The predicted octanol–water partition coefficient (Wildman–Crippen LogP) is 3.92. The Kier molecular flexibility index (Phi) is 3.25. The number of anilines is 1. The topological polar surface area (TPSA) is 37.7 Å². The van der Waals surface area contributed by atoms with Gasteiger partial charge < -0.3 is 9.64 Å². The second kappa shape index (κ2) is 5.14. The van der Waals surface area contributed by atoms with E-state index in [1.165, 1.54) is 29.3 Å². The largest absolute Gasteiger partial charge is 0.573 e. The van der Waals surface area contributed by atoms with Crippen molar-refractivity contribution in [2.24, 2.45) is 4.99 Å². The molecule has 2 aromatic rings. The van der Waals surface area contributed by atoms with E-state index in [1.807, 2.05) is 0 Å². The van der Waals surface area contributed by atoms with Crippen molar-refractivity contribution in [1.82, 2.24) is 4.98 Å². The van der Waals surface area contributed by atoms with Gasteiger partial charge in [0.2, 0.25) is 0 Å². The zero-order chi connectivity index (χ0) is 17.8. The summed E-state index contributed by atoms with van der Waals surface area (Å²) in [6.07, 6.45) is -3.32. The zero-order valence-corrected chi connectivity index (χ0v) is 12.5. The van der Waals surface area contributed by atoms with E-state index in [9.17, 15) is 22.0 Å². The molecule has 1 aromatic carbocycles. The molecular formula is C16H10F5N3O. The lowest BCUT2D eigenvalue weighted by atomic mass is 9.95. The van der Waals surface area contributed by atoms with E-state index in [0.717, 1.165) is 0 Å². The minimum Gasteiger partial charge on any atom is -0.406 e. The highest BCUT2D eigenvalue weighted by Gasteiger charge is 2.44. The molecule has 1 fully saturated rings. The van der Waals surface area contributed by atoms with Gasteiger partial charge >= 0.3 is 6.36 Å². The van der Waals surface area contributed by atoms with Crippen molar-refractivity contribution < 1.29 is 26.7 Å². The molecule has 0 radical (unpaired) electrons. The van der Waals surface area contributed by atoms with Gasteiger partial charge in [-0.15, -0.1) is 13.2 Å². The minimum absolute atomic E-state index is 0.338. The van der Waals surface area contributed by atoms with E-state index >= 15 is 0 Å². The molecule has 0 N–H and O–H groups in total. The van der Waals surface area contributed by atoms with E-state index in [0.29, 0.717) is 28.3 Å². The first-order valence-electron chi connectivity index (χ1n) is 7.28. The van der Waals surface area contributed by atoms with Gasteiger partial charge in [0.1, 0.15) is 11.6 Å². The van der Waals surface area contributed by atoms with Crippen molar-refractivity contribution >= 4 is 17.2 Å². The Balaban J connectivity index is 1.57. The third kappa shape index (κ3) is 3.01. The molecule has 2 aliphatic heterocycles. The van der Waals surface area contributed by atoms with Crippen LogP contribution in [0.15, 0.2) is 41.5 Å². The summed E-state index contributed by atoms with van der Waals surface area (Å²) in [6, 6.07) is 7.09. The highest BCUT2D eigenvalue weighted by molar-refractivity contribution is 6.22. The zero-order valence-electron chi connectivity index (χ0n) is 12.5. The molecule has 3 heterocycles. The summed E-state index contributed by atoms with van der Waals surface area (Å²) < 4.78 is 66.9. The van der Waals surface area contributed by atoms with Crippen LogP contribution in [0.3, 0.4) is 0 Å². The fraction of sp³-hybridized carbons (Fsp3) is 0.250. The van der Waals surface area contributed by atoms with Crippen molar-refractivity contribution in [3.63, 3.8) is 0 Å². The smallest absolute Gasteiger partial charge is 0.406 e. The number of benzene rings is 1. The normalized spacial score (nSPS) is 18.0. The summed E-state index contributed by atoms with van der Waals surface area (Å²) in [6.45, 7) is -0.813. The first kappa shape index (κ1) is 15.8. The predicted molar refractivity (Wildman–Crippen MR) is 79.8 cm³/mol. The number of hydrogen-bond acceptors (Lipinski definition) is 4. The van der Waals surface area contributed by atoms with E-state index < -0.39 is 25.4 Å². The van der Waals surface area contributed by atoms with Crippen LogP contribution in [0, 0.1) is 0 Å². The molecule has 0 bridgehead atoms. The van der Waals surface area contributed by atoms with Crippen molar-refractivity contribution in [2.45, 2.75) is 12.3 Å². The van der Waals surface area contributed by atoms with Crippen molar-refractivity contribution in [3.8, 4) is 5.75 Å².